The fourth-order valence-electron chi connectivity index (χ4n) is 3.59. The van der Waals surface area contributed by atoms with Crippen molar-refractivity contribution in [1.82, 2.24) is 10.4 Å². The molecule has 2 N–H and O–H groups in total. The molecule has 0 radical (unpaired) electrons. The molecule has 0 bridgehead atoms. The third-order valence-electron chi connectivity index (χ3n) is 5.05. The van der Waals surface area contributed by atoms with E-state index in [-0.39, 0.29) is 6.04 Å². The Kier molecular flexibility index (Phi) is 5.37. The van der Waals surface area contributed by atoms with Gasteiger partial charge in [-0.05, 0) is 23.3 Å². The zero-order valence-corrected chi connectivity index (χ0v) is 15.4. The van der Waals surface area contributed by atoms with Crippen molar-refractivity contribution in [3.63, 3.8) is 0 Å². The number of rotatable bonds is 4. The van der Waals surface area contributed by atoms with Crippen molar-refractivity contribution >= 4 is 5.91 Å². The zero-order valence-electron chi connectivity index (χ0n) is 15.4. The second kappa shape index (κ2) is 8.25. The summed E-state index contributed by atoms with van der Waals surface area (Å²) >= 11 is 0. The number of benzene rings is 3. The van der Waals surface area contributed by atoms with Crippen LogP contribution in [0.25, 0.3) is 0 Å². The number of ether oxygens (including phenoxy) is 1. The van der Waals surface area contributed by atoms with Crippen molar-refractivity contribution in [2.45, 2.75) is 19.1 Å². The normalized spacial score (nSPS) is 16.5. The number of hydrogen-bond acceptors (Lipinski definition) is 4. The fraction of sp³-hybridized carbons (Fsp3) is 0.174. The number of amides is 1. The molecule has 3 aromatic rings. The van der Waals surface area contributed by atoms with Gasteiger partial charge in [-0.2, -0.15) is 0 Å². The Bertz CT molecular complexity index is 945. The van der Waals surface area contributed by atoms with Crippen molar-refractivity contribution in [1.29, 1.82) is 0 Å². The van der Waals surface area contributed by atoms with Gasteiger partial charge in [-0.3, -0.25) is 14.9 Å². The number of hydroxylamine groups is 1. The van der Waals surface area contributed by atoms with Gasteiger partial charge in [0.2, 0.25) is 0 Å². The molecular formula is C23H22N2O3. The Morgan fingerprint density at radius 3 is 2.46 bits per heavy atom. The van der Waals surface area contributed by atoms with Gasteiger partial charge in [-0.1, -0.05) is 66.7 Å². The molecule has 3 aromatic carbocycles. The summed E-state index contributed by atoms with van der Waals surface area (Å²) in [7, 11) is 0. The first kappa shape index (κ1) is 18.2. The van der Waals surface area contributed by atoms with Crippen LogP contribution >= 0.6 is 0 Å². The van der Waals surface area contributed by atoms with Gasteiger partial charge < -0.3 is 4.74 Å². The molecule has 0 unspecified atom stereocenters. The number of fused-ring (bicyclic) bond motifs is 1. The molecule has 1 amide bonds. The van der Waals surface area contributed by atoms with E-state index in [1.165, 1.54) is 11.1 Å². The predicted octanol–water partition coefficient (Wildman–Crippen LogP) is 3.94. The third-order valence-corrected chi connectivity index (χ3v) is 5.05. The number of hydrogen-bond donors (Lipinski definition) is 2. The Balaban J connectivity index is 1.68. The summed E-state index contributed by atoms with van der Waals surface area (Å²) in [5.74, 6) is 0.133. The van der Waals surface area contributed by atoms with E-state index in [1.54, 1.807) is 17.6 Å². The first-order valence-corrected chi connectivity index (χ1v) is 9.27. The Labute approximate surface area is 164 Å². The molecule has 1 aliphatic heterocycles. The molecule has 1 heterocycles. The predicted molar refractivity (Wildman–Crippen MR) is 106 cm³/mol. The Hall–Kier alpha value is -3.15. The van der Waals surface area contributed by atoms with Crippen LogP contribution in [0.5, 0.6) is 5.75 Å². The van der Waals surface area contributed by atoms with Crippen molar-refractivity contribution in [2.24, 2.45) is 0 Å². The van der Waals surface area contributed by atoms with Crippen LogP contribution in [0.3, 0.4) is 0 Å². The van der Waals surface area contributed by atoms with E-state index in [1.807, 2.05) is 30.3 Å². The molecule has 0 spiro atoms. The lowest BCUT2D eigenvalue weighted by Gasteiger charge is -2.29. The molecule has 5 nitrogen and oxygen atoms in total. The Morgan fingerprint density at radius 2 is 1.75 bits per heavy atom. The molecule has 0 saturated carbocycles. The topological polar surface area (TPSA) is 61.8 Å². The van der Waals surface area contributed by atoms with Crippen LogP contribution in [0, 0.1) is 0 Å². The lowest BCUT2D eigenvalue weighted by molar-refractivity contribution is 0.0706. The van der Waals surface area contributed by atoms with Crippen LogP contribution in [0.2, 0.25) is 0 Å². The molecule has 4 rings (SSSR count). The average Bonchev–Trinajstić information content (AvgIpc) is 2.93. The quantitative estimate of drug-likeness (QED) is 0.536. The summed E-state index contributed by atoms with van der Waals surface area (Å²) in [5, 5.41) is 8.90. The molecule has 1 atom stereocenters. The van der Waals surface area contributed by atoms with E-state index in [9.17, 15) is 4.79 Å². The van der Waals surface area contributed by atoms with Crippen molar-refractivity contribution in [3.8, 4) is 5.75 Å². The highest BCUT2D eigenvalue weighted by Gasteiger charge is 2.27. The third kappa shape index (κ3) is 3.91. The van der Waals surface area contributed by atoms with Crippen LogP contribution < -0.4 is 10.2 Å². The molecule has 28 heavy (non-hydrogen) atoms. The van der Waals surface area contributed by atoms with Crippen molar-refractivity contribution in [2.75, 3.05) is 6.61 Å². The molecule has 0 saturated heterocycles. The largest absolute Gasteiger partial charge is 0.491 e. The summed E-state index contributed by atoms with van der Waals surface area (Å²) < 4.78 is 6.12. The number of nitrogens with one attached hydrogen (secondary N) is 1. The summed E-state index contributed by atoms with van der Waals surface area (Å²) in [5.41, 5.74) is 5.49. The van der Waals surface area contributed by atoms with Gasteiger partial charge in [0, 0.05) is 24.2 Å². The molecule has 5 heteroatoms. The molecular weight excluding hydrogens is 352 g/mol. The van der Waals surface area contributed by atoms with Crippen molar-refractivity contribution < 1.29 is 14.7 Å². The van der Waals surface area contributed by atoms with Gasteiger partial charge in [0.25, 0.3) is 5.91 Å². The summed E-state index contributed by atoms with van der Waals surface area (Å²) in [4.78, 5) is 14.1. The van der Waals surface area contributed by atoms with E-state index in [0.717, 1.165) is 12.1 Å². The van der Waals surface area contributed by atoms with Gasteiger partial charge in [0.15, 0.2) is 0 Å². The van der Waals surface area contributed by atoms with Crippen LogP contribution in [0.1, 0.15) is 33.1 Å². The second-order valence-corrected chi connectivity index (χ2v) is 6.89. The van der Waals surface area contributed by atoms with Gasteiger partial charge in [0.05, 0.1) is 6.04 Å². The number of carbonyl (C=O) groups excluding carboxylic acids is 1. The summed E-state index contributed by atoms with van der Waals surface area (Å²) in [6.07, 6.45) is 0. The maximum atomic E-state index is 11.7. The molecule has 1 aliphatic rings. The second-order valence-electron chi connectivity index (χ2n) is 6.89. The minimum Gasteiger partial charge on any atom is -0.491 e. The minimum absolute atomic E-state index is 0.0870. The van der Waals surface area contributed by atoms with E-state index in [4.69, 9.17) is 9.94 Å². The van der Waals surface area contributed by atoms with E-state index in [0.29, 0.717) is 24.5 Å². The highest BCUT2D eigenvalue weighted by Crippen LogP contribution is 2.33. The first-order valence-electron chi connectivity index (χ1n) is 9.27. The maximum absolute atomic E-state index is 11.7. The van der Waals surface area contributed by atoms with Gasteiger partial charge in [-0.25, -0.2) is 5.48 Å². The minimum atomic E-state index is -0.545. The highest BCUT2D eigenvalue weighted by molar-refractivity contribution is 5.93. The fourth-order valence-corrected chi connectivity index (χ4v) is 3.59. The molecule has 0 fully saturated rings. The highest BCUT2D eigenvalue weighted by atomic mass is 16.5. The van der Waals surface area contributed by atoms with E-state index >= 15 is 0 Å². The Morgan fingerprint density at radius 1 is 1.04 bits per heavy atom. The monoisotopic (exact) mass is 374 g/mol. The van der Waals surface area contributed by atoms with Crippen LogP contribution in [-0.4, -0.2) is 22.6 Å². The lowest BCUT2D eigenvalue weighted by Crippen LogP contribution is -2.30. The number of nitrogens with zero attached hydrogens (tertiary/aromatic N) is 1. The van der Waals surface area contributed by atoms with Crippen LogP contribution in [0.15, 0.2) is 78.9 Å². The van der Waals surface area contributed by atoms with Gasteiger partial charge >= 0.3 is 0 Å². The van der Waals surface area contributed by atoms with Gasteiger partial charge in [0.1, 0.15) is 12.4 Å². The maximum Gasteiger partial charge on any atom is 0.274 e. The molecule has 0 aromatic heterocycles. The van der Waals surface area contributed by atoms with E-state index < -0.39 is 5.91 Å². The SMILES string of the molecule is O=C(NO)c1ccc2c(c1)OC[C@@H](c1ccccc1)N(Cc1ccccc1)C2. The zero-order chi connectivity index (χ0) is 19.3. The van der Waals surface area contributed by atoms with Crippen LogP contribution in [-0.2, 0) is 13.1 Å². The van der Waals surface area contributed by atoms with Crippen LogP contribution in [0.4, 0.5) is 0 Å². The van der Waals surface area contributed by atoms with Crippen molar-refractivity contribution in [3.05, 3.63) is 101 Å². The summed E-state index contributed by atoms with van der Waals surface area (Å²) in [6.45, 7) is 1.97. The molecule has 142 valence electrons. The first-order chi connectivity index (χ1) is 13.7. The van der Waals surface area contributed by atoms with E-state index in [2.05, 4.69) is 41.3 Å². The summed E-state index contributed by atoms with van der Waals surface area (Å²) in [6, 6.07) is 26.1. The number of carbonyl (C=O) groups is 1. The molecule has 0 aliphatic carbocycles. The van der Waals surface area contributed by atoms with Gasteiger partial charge in [-0.15, -0.1) is 0 Å². The average molecular weight is 374 g/mol. The smallest absolute Gasteiger partial charge is 0.274 e. The lowest BCUT2D eigenvalue weighted by atomic mass is 10.0. The standard InChI is InChI=1S/C23H22N2O3/c26-23(24-27)19-11-12-20-15-25(14-17-7-3-1-4-8-17)21(16-28-22(20)13-19)18-9-5-2-6-10-18/h1-13,21,27H,14-16H2,(H,24,26)/t21-/m0/s1.